The van der Waals surface area contributed by atoms with E-state index in [4.69, 9.17) is 21.1 Å². The standard InChI is InChI=1S/C24H23BrClNO4/c1-3-30-22-11-16(13-27-18-8-9-21(26)19(12-18)24(28)29)10-20(25)23(22)31-14-17-7-5-4-6-15(17)2/h4-12,27H,3,13-14H2,1-2H3,(H,28,29). The molecular weight excluding hydrogens is 482 g/mol. The second-order valence-corrected chi connectivity index (χ2v) is 8.17. The van der Waals surface area contributed by atoms with Crippen LogP contribution >= 0.6 is 27.5 Å². The smallest absolute Gasteiger partial charge is 0.337 e. The fourth-order valence-corrected chi connectivity index (χ4v) is 3.85. The van der Waals surface area contributed by atoms with E-state index in [2.05, 4.69) is 34.2 Å². The Labute approximate surface area is 195 Å². The first kappa shape index (κ1) is 23.0. The third kappa shape index (κ3) is 5.93. The van der Waals surface area contributed by atoms with Gasteiger partial charge in [0, 0.05) is 12.2 Å². The Balaban J connectivity index is 1.77. The van der Waals surface area contributed by atoms with Crippen LogP contribution < -0.4 is 14.8 Å². The van der Waals surface area contributed by atoms with Gasteiger partial charge in [0.2, 0.25) is 0 Å². The molecule has 2 N–H and O–H groups in total. The number of hydrogen-bond acceptors (Lipinski definition) is 4. The van der Waals surface area contributed by atoms with Crippen LogP contribution in [-0.4, -0.2) is 17.7 Å². The fourth-order valence-electron chi connectivity index (χ4n) is 3.05. The summed E-state index contributed by atoms with van der Waals surface area (Å²) < 4.78 is 12.7. The molecule has 3 aromatic carbocycles. The van der Waals surface area contributed by atoms with E-state index in [0.29, 0.717) is 36.9 Å². The van der Waals surface area contributed by atoms with Gasteiger partial charge in [-0.05, 0) is 76.8 Å². The molecule has 0 aliphatic rings. The van der Waals surface area contributed by atoms with E-state index < -0.39 is 5.97 Å². The van der Waals surface area contributed by atoms with Gasteiger partial charge in [0.1, 0.15) is 6.61 Å². The SMILES string of the molecule is CCOc1cc(CNc2ccc(Cl)c(C(=O)O)c2)cc(Br)c1OCc1ccccc1C. The lowest BCUT2D eigenvalue weighted by molar-refractivity contribution is 0.0697. The minimum Gasteiger partial charge on any atom is -0.490 e. The molecule has 0 saturated carbocycles. The van der Waals surface area contributed by atoms with Crippen LogP contribution in [0.1, 0.15) is 34.0 Å². The molecule has 0 aromatic heterocycles. The highest BCUT2D eigenvalue weighted by Crippen LogP contribution is 2.38. The van der Waals surface area contributed by atoms with Gasteiger partial charge in [-0.2, -0.15) is 0 Å². The van der Waals surface area contributed by atoms with E-state index in [9.17, 15) is 9.90 Å². The molecule has 162 valence electrons. The van der Waals surface area contributed by atoms with Crippen LogP contribution in [-0.2, 0) is 13.2 Å². The van der Waals surface area contributed by atoms with Crippen LogP contribution in [0.3, 0.4) is 0 Å². The van der Waals surface area contributed by atoms with Gasteiger partial charge in [0.15, 0.2) is 11.5 Å². The maximum atomic E-state index is 11.3. The second-order valence-electron chi connectivity index (χ2n) is 6.91. The molecular formula is C24H23BrClNO4. The van der Waals surface area contributed by atoms with Crippen molar-refractivity contribution in [3.63, 3.8) is 0 Å². The number of nitrogens with one attached hydrogen (secondary N) is 1. The number of hydrogen-bond donors (Lipinski definition) is 2. The van der Waals surface area contributed by atoms with E-state index in [1.165, 1.54) is 11.6 Å². The van der Waals surface area contributed by atoms with Crippen molar-refractivity contribution in [2.45, 2.75) is 27.0 Å². The number of carboxylic acids is 1. The van der Waals surface area contributed by atoms with E-state index in [1.54, 1.807) is 12.1 Å². The van der Waals surface area contributed by atoms with E-state index in [1.807, 2.05) is 37.3 Å². The Morgan fingerprint density at radius 2 is 1.90 bits per heavy atom. The number of anilines is 1. The number of benzene rings is 3. The fraction of sp³-hybridized carbons (Fsp3) is 0.208. The van der Waals surface area contributed by atoms with Crippen LogP contribution in [0.5, 0.6) is 11.5 Å². The van der Waals surface area contributed by atoms with Gasteiger partial charge in [-0.1, -0.05) is 35.9 Å². The maximum Gasteiger partial charge on any atom is 0.337 e. The lowest BCUT2D eigenvalue weighted by Crippen LogP contribution is -2.05. The number of rotatable bonds is 9. The molecule has 0 heterocycles. The topological polar surface area (TPSA) is 67.8 Å². The van der Waals surface area contributed by atoms with Crippen LogP contribution in [0.2, 0.25) is 5.02 Å². The van der Waals surface area contributed by atoms with Crippen molar-refractivity contribution < 1.29 is 19.4 Å². The van der Waals surface area contributed by atoms with Gasteiger partial charge in [-0.3, -0.25) is 0 Å². The highest BCUT2D eigenvalue weighted by atomic mass is 79.9. The molecule has 0 fully saturated rings. The van der Waals surface area contributed by atoms with Gasteiger partial charge in [-0.15, -0.1) is 0 Å². The minimum absolute atomic E-state index is 0.0582. The quantitative estimate of drug-likeness (QED) is 0.339. The zero-order valence-corrected chi connectivity index (χ0v) is 19.6. The average Bonchev–Trinajstić information content (AvgIpc) is 2.73. The summed E-state index contributed by atoms with van der Waals surface area (Å²) in [6, 6.07) is 16.8. The molecule has 3 rings (SSSR count). The van der Waals surface area contributed by atoms with Gasteiger partial charge in [0.05, 0.1) is 21.7 Å². The summed E-state index contributed by atoms with van der Waals surface area (Å²) in [6.07, 6.45) is 0. The molecule has 0 radical (unpaired) electrons. The predicted octanol–water partition coefficient (Wildman–Crippen LogP) is 6.70. The number of carboxylic acid groups (broad SMARTS) is 1. The molecule has 0 spiro atoms. The molecule has 5 nitrogen and oxygen atoms in total. The molecule has 0 aliphatic heterocycles. The molecule has 31 heavy (non-hydrogen) atoms. The van der Waals surface area contributed by atoms with Gasteiger partial charge in [0.25, 0.3) is 0 Å². The van der Waals surface area contributed by atoms with Crippen LogP contribution in [0.4, 0.5) is 5.69 Å². The summed E-state index contributed by atoms with van der Waals surface area (Å²) in [5, 5.41) is 12.7. The van der Waals surface area contributed by atoms with E-state index in [-0.39, 0.29) is 10.6 Å². The predicted molar refractivity (Wildman–Crippen MR) is 127 cm³/mol. The monoisotopic (exact) mass is 503 g/mol. The van der Waals surface area contributed by atoms with E-state index in [0.717, 1.165) is 15.6 Å². The Kier molecular flexibility index (Phi) is 7.82. The van der Waals surface area contributed by atoms with Crippen LogP contribution in [0.25, 0.3) is 0 Å². The summed E-state index contributed by atoms with van der Waals surface area (Å²) in [4.78, 5) is 11.3. The normalized spacial score (nSPS) is 10.6. The molecule has 0 aliphatic carbocycles. The van der Waals surface area contributed by atoms with Crippen molar-refractivity contribution in [1.29, 1.82) is 0 Å². The number of halogens is 2. The van der Waals surface area contributed by atoms with Gasteiger partial charge < -0.3 is 19.9 Å². The molecule has 0 saturated heterocycles. The second kappa shape index (κ2) is 10.6. The van der Waals surface area contributed by atoms with Crippen LogP contribution in [0, 0.1) is 6.92 Å². The number of aryl methyl sites for hydroxylation is 1. The summed E-state index contributed by atoms with van der Waals surface area (Å²) in [7, 11) is 0. The number of aromatic carboxylic acids is 1. The zero-order valence-electron chi connectivity index (χ0n) is 17.2. The summed E-state index contributed by atoms with van der Waals surface area (Å²) >= 11 is 9.54. The third-order valence-corrected chi connectivity index (χ3v) is 5.61. The first-order valence-electron chi connectivity index (χ1n) is 9.78. The molecule has 0 unspecified atom stereocenters. The Hall–Kier alpha value is -2.70. The summed E-state index contributed by atoms with van der Waals surface area (Å²) in [5.41, 5.74) is 3.95. The highest BCUT2D eigenvalue weighted by Gasteiger charge is 2.14. The third-order valence-electron chi connectivity index (χ3n) is 4.70. The largest absolute Gasteiger partial charge is 0.490 e. The minimum atomic E-state index is -1.06. The molecule has 0 amide bonds. The zero-order chi connectivity index (χ0) is 22.4. The van der Waals surface area contributed by atoms with Crippen molar-refractivity contribution in [3.05, 3.63) is 86.3 Å². The molecule has 0 bridgehead atoms. The Morgan fingerprint density at radius 3 is 2.61 bits per heavy atom. The molecule has 3 aromatic rings. The van der Waals surface area contributed by atoms with Crippen molar-refractivity contribution >= 4 is 39.2 Å². The van der Waals surface area contributed by atoms with Crippen molar-refractivity contribution in [2.24, 2.45) is 0 Å². The first-order valence-corrected chi connectivity index (χ1v) is 11.0. The van der Waals surface area contributed by atoms with E-state index >= 15 is 0 Å². The van der Waals surface area contributed by atoms with Crippen molar-refractivity contribution in [1.82, 2.24) is 0 Å². The van der Waals surface area contributed by atoms with Crippen LogP contribution in [0.15, 0.2) is 59.1 Å². The number of carbonyl (C=O) groups is 1. The number of ether oxygens (including phenoxy) is 2. The summed E-state index contributed by atoms with van der Waals surface area (Å²) in [5.74, 6) is 0.225. The lowest BCUT2D eigenvalue weighted by atomic mass is 10.1. The Morgan fingerprint density at radius 1 is 1.13 bits per heavy atom. The van der Waals surface area contributed by atoms with Crippen molar-refractivity contribution in [3.8, 4) is 11.5 Å². The molecule has 0 atom stereocenters. The first-order chi connectivity index (χ1) is 14.9. The highest BCUT2D eigenvalue weighted by molar-refractivity contribution is 9.10. The average molecular weight is 505 g/mol. The summed E-state index contributed by atoms with van der Waals surface area (Å²) in [6.45, 7) is 5.38. The maximum absolute atomic E-state index is 11.3. The van der Waals surface area contributed by atoms with Crippen molar-refractivity contribution in [2.75, 3.05) is 11.9 Å². The Bertz CT molecular complexity index is 1090. The molecule has 7 heteroatoms. The lowest BCUT2D eigenvalue weighted by Gasteiger charge is -2.17. The van der Waals surface area contributed by atoms with Gasteiger partial charge in [-0.25, -0.2) is 4.79 Å². The van der Waals surface area contributed by atoms with Gasteiger partial charge >= 0.3 is 5.97 Å².